The van der Waals surface area contributed by atoms with Crippen molar-refractivity contribution in [3.63, 3.8) is 0 Å². The van der Waals surface area contributed by atoms with Crippen LogP contribution in [-0.4, -0.2) is 29.1 Å². The van der Waals surface area contributed by atoms with Crippen molar-refractivity contribution in [2.75, 3.05) is 18.0 Å². The van der Waals surface area contributed by atoms with Crippen molar-refractivity contribution in [1.29, 1.82) is 0 Å². The SMILES string of the molecule is Cc1ccc(N2CCC(C(=O)O)C2)c([N+](=O)[O-])c1. The van der Waals surface area contributed by atoms with E-state index in [0.29, 0.717) is 25.2 Å². The molecule has 0 radical (unpaired) electrons. The Labute approximate surface area is 104 Å². The number of aliphatic carboxylic acids is 1. The van der Waals surface area contributed by atoms with Crippen LogP contribution >= 0.6 is 0 Å². The predicted octanol–water partition coefficient (Wildman–Crippen LogP) is 1.81. The summed E-state index contributed by atoms with van der Waals surface area (Å²) in [5.74, 6) is -1.28. The topological polar surface area (TPSA) is 83.7 Å². The van der Waals surface area contributed by atoms with Gasteiger partial charge in [-0.3, -0.25) is 14.9 Å². The Hall–Kier alpha value is -2.11. The van der Waals surface area contributed by atoms with Gasteiger partial charge >= 0.3 is 5.97 Å². The van der Waals surface area contributed by atoms with Gasteiger partial charge in [-0.2, -0.15) is 0 Å². The minimum Gasteiger partial charge on any atom is -0.481 e. The highest BCUT2D eigenvalue weighted by atomic mass is 16.6. The number of anilines is 1. The van der Waals surface area contributed by atoms with Gasteiger partial charge in [0.2, 0.25) is 0 Å². The second-order valence-electron chi connectivity index (χ2n) is 4.52. The van der Waals surface area contributed by atoms with Gasteiger partial charge in [-0.15, -0.1) is 0 Å². The molecule has 1 aliphatic rings. The van der Waals surface area contributed by atoms with E-state index in [1.165, 1.54) is 6.07 Å². The average molecular weight is 250 g/mol. The first-order valence-electron chi connectivity index (χ1n) is 5.72. The van der Waals surface area contributed by atoms with E-state index in [0.717, 1.165) is 5.56 Å². The summed E-state index contributed by atoms with van der Waals surface area (Å²) < 4.78 is 0. The van der Waals surface area contributed by atoms with E-state index in [4.69, 9.17) is 5.11 Å². The molecule has 1 unspecified atom stereocenters. The molecular formula is C12H14N2O4. The molecule has 1 heterocycles. The van der Waals surface area contributed by atoms with E-state index in [1.807, 2.05) is 0 Å². The number of benzene rings is 1. The van der Waals surface area contributed by atoms with E-state index < -0.39 is 16.8 Å². The maximum Gasteiger partial charge on any atom is 0.308 e. The Morgan fingerprint density at radius 2 is 2.28 bits per heavy atom. The lowest BCUT2D eigenvalue weighted by molar-refractivity contribution is -0.384. The number of hydrogen-bond acceptors (Lipinski definition) is 4. The zero-order valence-corrected chi connectivity index (χ0v) is 10.00. The highest BCUT2D eigenvalue weighted by molar-refractivity contribution is 5.73. The zero-order valence-electron chi connectivity index (χ0n) is 10.00. The molecule has 18 heavy (non-hydrogen) atoms. The summed E-state index contributed by atoms with van der Waals surface area (Å²) in [7, 11) is 0. The van der Waals surface area contributed by atoms with Crippen LogP contribution in [0.3, 0.4) is 0 Å². The van der Waals surface area contributed by atoms with Crippen LogP contribution in [0, 0.1) is 23.0 Å². The lowest BCUT2D eigenvalue weighted by Gasteiger charge is -2.18. The summed E-state index contributed by atoms with van der Waals surface area (Å²) >= 11 is 0. The molecule has 1 fully saturated rings. The van der Waals surface area contributed by atoms with E-state index in [9.17, 15) is 14.9 Å². The molecule has 6 nitrogen and oxygen atoms in total. The van der Waals surface area contributed by atoms with Crippen LogP contribution in [-0.2, 0) is 4.79 Å². The largest absolute Gasteiger partial charge is 0.481 e. The third kappa shape index (κ3) is 2.27. The number of carbonyl (C=O) groups is 1. The maximum absolute atomic E-state index is 11.0. The van der Waals surface area contributed by atoms with Crippen molar-refractivity contribution in [1.82, 2.24) is 0 Å². The Morgan fingerprint density at radius 1 is 1.56 bits per heavy atom. The third-order valence-corrected chi connectivity index (χ3v) is 3.21. The Morgan fingerprint density at radius 3 is 2.83 bits per heavy atom. The molecule has 0 amide bonds. The molecule has 1 saturated heterocycles. The minimum absolute atomic E-state index is 0.0426. The Kier molecular flexibility index (Phi) is 3.18. The van der Waals surface area contributed by atoms with E-state index in [-0.39, 0.29) is 5.69 Å². The second kappa shape index (κ2) is 4.64. The van der Waals surface area contributed by atoms with Gasteiger partial charge in [0.25, 0.3) is 5.69 Å². The number of nitrogens with zero attached hydrogens (tertiary/aromatic N) is 2. The molecule has 96 valence electrons. The van der Waals surface area contributed by atoms with Crippen LogP contribution in [0.1, 0.15) is 12.0 Å². The van der Waals surface area contributed by atoms with Crippen molar-refractivity contribution in [3.05, 3.63) is 33.9 Å². The summed E-state index contributed by atoms with van der Waals surface area (Å²) in [5.41, 5.74) is 1.37. The highest BCUT2D eigenvalue weighted by Gasteiger charge is 2.31. The molecule has 1 atom stereocenters. The van der Waals surface area contributed by atoms with Crippen molar-refractivity contribution in [2.24, 2.45) is 5.92 Å². The van der Waals surface area contributed by atoms with Gasteiger partial charge in [0.15, 0.2) is 0 Å². The summed E-state index contributed by atoms with van der Waals surface area (Å²) in [5, 5.41) is 19.9. The van der Waals surface area contributed by atoms with Crippen molar-refractivity contribution >= 4 is 17.3 Å². The molecule has 0 bridgehead atoms. The van der Waals surface area contributed by atoms with Gasteiger partial charge < -0.3 is 10.0 Å². The number of carboxylic acid groups (broad SMARTS) is 1. The molecule has 6 heteroatoms. The smallest absolute Gasteiger partial charge is 0.308 e. The molecule has 1 aliphatic heterocycles. The minimum atomic E-state index is -0.840. The van der Waals surface area contributed by atoms with Gasteiger partial charge in [-0.25, -0.2) is 0 Å². The van der Waals surface area contributed by atoms with Crippen LogP contribution in [0.25, 0.3) is 0 Å². The van der Waals surface area contributed by atoms with Crippen LogP contribution in [0.15, 0.2) is 18.2 Å². The average Bonchev–Trinajstić information content (AvgIpc) is 2.78. The van der Waals surface area contributed by atoms with E-state index in [1.54, 1.807) is 24.0 Å². The van der Waals surface area contributed by atoms with Crippen molar-refractivity contribution in [2.45, 2.75) is 13.3 Å². The molecule has 1 aromatic rings. The van der Waals surface area contributed by atoms with Gasteiger partial charge in [0, 0.05) is 19.2 Å². The second-order valence-corrected chi connectivity index (χ2v) is 4.52. The van der Waals surface area contributed by atoms with Crippen LogP contribution in [0.2, 0.25) is 0 Å². The summed E-state index contributed by atoms with van der Waals surface area (Å²) in [6, 6.07) is 5.01. The van der Waals surface area contributed by atoms with Gasteiger partial charge in [0.05, 0.1) is 10.8 Å². The fraction of sp³-hybridized carbons (Fsp3) is 0.417. The molecule has 1 N–H and O–H groups in total. The number of rotatable bonds is 3. The van der Waals surface area contributed by atoms with Crippen molar-refractivity contribution in [3.8, 4) is 0 Å². The molecule has 2 rings (SSSR count). The Balaban J connectivity index is 2.29. The van der Waals surface area contributed by atoms with Crippen molar-refractivity contribution < 1.29 is 14.8 Å². The third-order valence-electron chi connectivity index (χ3n) is 3.21. The monoisotopic (exact) mass is 250 g/mol. The van der Waals surface area contributed by atoms with Crippen LogP contribution < -0.4 is 4.90 Å². The Bertz CT molecular complexity index is 501. The van der Waals surface area contributed by atoms with Gasteiger partial charge in [0.1, 0.15) is 5.69 Å². The fourth-order valence-corrected chi connectivity index (χ4v) is 2.23. The lowest BCUT2D eigenvalue weighted by atomic mass is 10.1. The van der Waals surface area contributed by atoms with Gasteiger partial charge in [-0.1, -0.05) is 6.07 Å². The highest BCUT2D eigenvalue weighted by Crippen LogP contribution is 2.32. The number of nitro groups is 1. The molecule has 0 aliphatic carbocycles. The maximum atomic E-state index is 11.0. The number of nitro benzene ring substituents is 1. The molecule has 0 aromatic heterocycles. The van der Waals surface area contributed by atoms with E-state index >= 15 is 0 Å². The lowest BCUT2D eigenvalue weighted by Crippen LogP contribution is -2.23. The summed E-state index contributed by atoms with van der Waals surface area (Å²) in [4.78, 5) is 23.3. The zero-order chi connectivity index (χ0) is 13.3. The predicted molar refractivity (Wildman–Crippen MR) is 65.8 cm³/mol. The normalized spacial score (nSPS) is 18.9. The van der Waals surface area contributed by atoms with Crippen LogP contribution in [0.4, 0.5) is 11.4 Å². The first kappa shape index (κ1) is 12.3. The van der Waals surface area contributed by atoms with E-state index in [2.05, 4.69) is 0 Å². The molecular weight excluding hydrogens is 236 g/mol. The summed E-state index contributed by atoms with van der Waals surface area (Å²) in [6.45, 7) is 2.67. The quantitative estimate of drug-likeness (QED) is 0.653. The summed E-state index contributed by atoms with van der Waals surface area (Å²) in [6.07, 6.45) is 0.528. The number of carboxylic acids is 1. The standard InChI is InChI=1S/C12H14N2O4/c1-8-2-3-10(11(6-8)14(17)18)13-5-4-9(7-13)12(15)16/h2-3,6,9H,4-5,7H2,1H3,(H,15,16). The molecule has 1 aromatic carbocycles. The van der Waals surface area contributed by atoms with Gasteiger partial charge in [-0.05, 0) is 25.0 Å². The number of hydrogen-bond donors (Lipinski definition) is 1. The van der Waals surface area contributed by atoms with Crippen LogP contribution in [0.5, 0.6) is 0 Å². The molecule has 0 saturated carbocycles. The molecule has 0 spiro atoms. The first-order valence-corrected chi connectivity index (χ1v) is 5.72. The first-order chi connectivity index (χ1) is 8.49. The fourth-order valence-electron chi connectivity index (χ4n) is 2.23. The number of aryl methyl sites for hydroxylation is 1.